The summed E-state index contributed by atoms with van der Waals surface area (Å²) in [5.74, 6) is 1.65. The molecule has 3 heterocycles. The highest BCUT2D eigenvalue weighted by Gasteiger charge is 2.25. The van der Waals surface area contributed by atoms with E-state index in [9.17, 15) is 0 Å². The Morgan fingerprint density at radius 3 is 2.76 bits per heavy atom. The normalized spacial score (nSPS) is 16.1. The van der Waals surface area contributed by atoms with Crippen molar-refractivity contribution in [3.8, 4) is 17.2 Å². The van der Waals surface area contributed by atoms with Gasteiger partial charge >= 0.3 is 0 Å². The molecule has 1 aliphatic carbocycles. The molecule has 0 atom stereocenters. The molecule has 1 aromatic carbocycles. The molecule has 1 fully saturated rings. The average Bonchev–Trinajstić information content (AvgIpc) is 3.41. The Hall–Kier alpha value is -2.99. The zero-order chi connectivity index (χ0) is 19.8. The van der Waals surface area contributed by atoms with E-state index >= 15 is 0 Å². The first-order valence-electron chi connectivity index (χ1n) is 10.3. The fraction of sp³-hybridized carbons (Fsp3) is 0.348. The van der Waals surface area contributed by atoms with E-state index in [4.69, 9.17) is 19.8 Å². The number of fused-ring (bicyclic) bond motifs is 1. The SMILES string of the molecule is CCC1=Cc2nc(-n3ccc(-c4cccc(C)c4)n3)nc(N3CCOCC3)c2C1. The van der Waals surface area contributed by atoms with Gasteiger partial charge in [-0.25, -0.2) is 9.67 Å². The standard InChI is InChI=1S/C23H25N5O/c1-3-17-14-19-21(15-17)24-23(25-22(19)27-9-11-29-12-10-27)28-8-7-20(26-28)18-6-4-5-16(2)13-18/h4-8,13,15H,3,9-12,14H2,1-2H3. The average molecular weight is 387 g/mol. The summed E-state index contributed by atoms with van der Waals surface area (Å²) in [6.45, 7) is 7.48. The fourth-order valence-corrected chi connectivity index (χ4v) is 4.00. The van der Waals surface area contributed by atoms with Crippen molar-refractivity contribution < 1.29 is 4.74 Å². The first-order chi connectivity index (χ1) is 14.2. The maximum atomic E-state index is 5.54. The van der Waals surface area contributed by atoms with Crippen LogP contribution in [0.25, 0.3) is 23.3 Å². The van der Waals surface area contributed by atoms with E-state index in [-0.39, 0.29) is 0 Å². The minimum atomic E-state index is 0.623. The van der Waals surface area contributed by atoms with Crippen molar-refractivity contribution in [3.63, 3.8) is 0 Å². The molecule has 0 unspecified atom stereocenters. The number of anilines is 1. The molecule has 0 radical (unpaired) electrons. The number of nitrogens with zero attached hydrogens (tertiary/aromatic N) is 5. The van der Waals surface area contributed by atoms with Crippen molar-refractivity contribution in [2.24, 2.45) is 0 Å². The van der Waals surface area contributed by atoms with E-state index < -0.39 is 0 Å². The van der Waals surface area contributed by atoms with Gasteiger partial charge in [0.15, 0.2) is 0 Å². The van der Waals surface area contributed by atoms with Gasteiger partial charge in [0.2, 0.25) is 0 Å². The summed E-state index contributed by atoms with van der Waals surface area (Å²) in [5.41, 5.74) is 6.92. The van der Waals surface area contributed by atoms with Crippen LogP contribution in [0.1, 0.15) is 30.2 Å². The second-order valence-electron chi connectivity index (χ2n) is 7.66. The van der Waals surface area contributed by atoms with Crippen LogP contribution in [0.5, 0.6) is 0 Å². The van der Waals surface area contributed by atoms with Crippen LogP contribution in [0.2, 0.25) is 0 Å². The van der Waals surface area contributed by atoms with Gasteiger partial charge in [-0.1, -0.05) is 36.3 Å². The summed E-state index contributed by atoms with van der Waals surface area (Å²) in [5, 5.41) is 4.77. The van der Waals surface area contributed by atoms with Crippen LogP contribution < -0.4 is 4.90 Å². The molecule has 6 nitrogen and oxygen atoms in total. The largest absolute Gasteiger partial charge is 0.378 e. The maximum absolute atomic E-state index is 5.54. The van der Waals surface area contributed by atoms with E-state index in [1.165, 1.54) is 16.7 Å². The molecule has 0 N–H and O–H groups in total. The van der Waals surface area contributed by atoms with Crippen molar-refractivity contribution in [1.82, 2.24) is 19.7 Å². The molecule has 1 saturated heterocycles. The number of rotatable bonds is 4. The molecule has 0 saturated carbocycles. The third-order valence-electron chi connectivity index (χ3n) is 5.62. The molecule has 0 bridgehead atoms. The molecule has 1 aliphatic heterocycles. The van der Waals surface area contributed by atoms with Gasteiger partial charge in [0.25, 0.3) is 5.95 Å². The van der Waals surface area contributed by atoms with Crippen molar-refractivity contribution >= 4 is 11.9 Å². The number of benzene rings is 1. The lowest BCUT2D eigenvalue weighted by atomic mass is 10.1. The van der Waals surface area contributed by atoms with Crippen LogP contribution >= 0.6 is 0 Å². The number of hydrogen-bond acceptors (Lipinski definition) is 5. The van der Waals surface area contributed by atoms with Crippen LogP contribution in [0.4, 0.5) is 5.82 Å². The van der Waals surface area contributed by atoms with E-state index in [2.05, 4.69) is 49.1 Å². The number of aryl methyl sites for hydroxylation is 1. The Balaban J connectivity index is 1.56. The van der Waals surface area contributed by atoms with Crippen LogP contribution in [0.3, 0.4) is 0 Å². The van der Waals surface area contributed by atoms with Gasteiger partial charge < -0.3 is 9.64 Å². The van der Waals surface area contributed by atoms with Gasteiger partial charge in [0, 0.05) is 30.4 Å². The van der Waals surface area contributed by atoms with Crippen molar-refractivity contribution in [3.05, 3.63) is 58.9 Å². The summed E-state index contributed by atoms with van der Waals surface area (Å²) in [6.07, 6.45) is 6.14. The lowest BCUT2D eigenvalue weighted by Gasteiger charge is -2.29. The van der Waals surface area contributed by atoms with Crippen LogP contribution in [-0.2, 0) is 11.2 Å². The Kier molecular flexibility index (Phi) is 4.64. The quantitative estimate of drug-likeness (QED) is 0.681. The highest BCUT2D eigenvalue weighted by molar-refractivity contribution is 5.68. The fourth-order valence-electron chi connectivity index (χ4n) is 4.00. The molecular weight excluding hydrogens is 362 g/mol. The molecule has 0 spiro atoms. The van der Waals surface area contributed by atoms with Gasteiger partial charge in [-0.15, -0.1) is 0 Å². The minimum absolute atomic E-state index is 0.623. The summed E-state index contributed by atoms with van der Waals surface area (Å²) in [7, 11) is 0. The molecule has 3 aromatic rings. The number of hydrogen-bond donors (Lipinski definition) is 0. The second kappa shape index (κ2) is 7.44. The topological polar surface area (TPSA) is 56.1 Å². The number of aromatic nitrogens is 4. The third-order valence-corrected chi connectivity index (χ3v) is 5.62. The lowest BCUT2D eigenvalue weighted by molar-refractivity contribution is 0.122. The number of morpholine rings is 1. The maximum Gasteiger partial charge on any atom is 0.253 e. The van der Waals surface area contributed by atoms with E-state index in [0.29, 0.717) is 5.95 Å². The Bertz CT molecular complexity index is 1080. The Morgan fingerprint density at radius 2 is 1.97 bits per heavy atom. The molecule has 2 aliphatic rings. The van der Waals surface area contributed by atoms with E-state index in [1.54, 1.807) is 4.68 Å². The van der Waals surface area contributed by atoms with Gasteiger partial charge in [0.05, 0.1) is 24.6 Å². The predicted octanol–water partition coefficient (Wildman–Crippen LogP) is 3.82. The summed E-state index contributed by atoms with van der Waals surface area (Å²) in [4.78, 5) is 12.1. The first-order valence-corrected chi connectivity index (χ1v) is 10.3. The van der Waals surface area contributed by atoms with Crippen LogP contribution in [-0.4, -0.2) is 46.1 Å². The van der Waals surface area contributed by atoms with E-state index in [0.717, 1.165) is 61.9 Å². The molecule has 5 rings (SSSR count). The Morgan fingerprint density at radius 1 is 1.10 bits per heavy atom. The monoisotopic (exact) mass is 387 g/mol. The predicted molar refractivity (Wildman–Crippen MR) is 114 cm³/mol. The number of ether oxygens (including phenoxy) is 1. The van der Waals surface area contributed by atoms with Gasteiger partial charge in [-0.2, -0.15) is 10.1 Å². The van der Waals surface area contributed by atoms with Gasteiger partial charge in [-0.3, -0.25) is 0 Å². The minimum Gasteiger partial charge on any atom is -0.378 e. The van der Waals surface area contributed by atoms with Crippen molar-refractivity contribution in [2.75, 3.05) is 31.2 Å². The zero-order valence-corrected chi connectivity index (χ0v) is 16.9. The summed E-state index contributed by atoms with van der Waals surface area (Å²) < 4.78 is 7.34. The molecular formula is C23H25N5O. The molecule has 0 amide bonds. The highest BCUT2D eigenvalue weighted by Crippen LogP contribution is 2.33. The summed E-state index contributed by atoms with van der Waals surface area (Å²) in [6, 6.07) is 10.4. The zero-order valence-electron chi connectivity index (χ0n) is 16.9. The number of allylic oxidation sites excluding steroid dienone is 1. The smallest absolute Gasteiger partial charge is 0.253 e. The van der Waals surface area contributed by atoms with E-state index in [1.807, 2.05) is 12.3 Å². The Labute approximate surface area is 170 Å². The van der Waals surface area contributed by atoms with Crippen molar-refractivity contribution in [1.29, 1.82) is 0 Å². The van der Waals surface area contributed by atoms with Gasteiger partial charge in [0.1, 0.15) is 5.82 Å². The lowest BCUT2D eigenvalue weighted by Crippen LogP contribution is -2.37. The molecule has 29 heavy (non-hydrogen) atoms. The summed E-state index contributed by atoms with van der Waals surface area (Å²) >= 11 is 0. The highest BCUT2D eigenvalue weighted by atomic mass is 16.5. The van der Waals surface area contributed by atoms with Gasteiger partial charge in [-0.05, 0) is 38.0 Å². The third kappa shape index (κ3) is 3.44. The van der Waals surface area contributed by atoms with Crippen molar-refractivity contribution in [2.45, 2.75) is 26.7 Å². The molecule has 6 heteroatoms. The second-order valence-corrected chi connectivity index (χ2v) is 7.66. The molecule has 2 aromatic heterocycles. The first kappa shape index (κ1) is 18.1. The molecule has 148 valence electrons. The van der Waals surface area contributed by atoms with Crippen LogP contribution in [0, 0.1) is 6.92 Å². The van der Waals surface area contributed by atoms with Crippen LogP contribution in [0.15, 0.2) is 42.1 Å².